The molecule has 6 heteroatoms. The van der Waals surface area contributed by atoms with Gasteiger partial charge in [0.2, 0.25) is 5.96 Å². The van der Waals surface area contributed by atoms with Gasteiger partial charge in [0.05, 0.1) is 19.8 Å². The number of hydrazine groups is 1. The van der Waals surface area contributed by atoms with Crippen LogP contribution in [0, 0.1) is 0 Å². The van der Waals surface area contributed by atoms with Crippen molar-refractivity contribution in [1.29, 1.82) is 0 Å². The Labute approximate surface area is 84.8 Å². The molecule has 0 rings (SSSR count). The van der Waals surface area contributed by atoms with E-state index in [4.69, 9.17) is 15.3 Å². The predicted octanol–water partition coefficient (Wildman–Crippen LogP) is -0.922. The van der Waals surface area contributed by atoms with Crippen LogP contribution in [0.5, 0.6) is 0 Å². The first-order valence-electron chi connectivity index (χ1n) is 4.66. The highest BCUT2D eigenvalue weighted by Gasteiger charge is 1.93. The number of hydrogen-bond donors (Lipinski definition) is 3. The third kappa shape index (κ3) is 7.78. The van der Waals surface area contributed by atoms with E-state index in [9.17, 15) is 0 Å². The van der Waals surface area contributed by atoms with Crippen LogP contribution in [0.25, 0.3) is 0 Å². The number of nitrogens with one attached hydrogen (secondary N) is 2. The van der Waals surface area contributed by atoms with Crippen LogP contribution in [-0.2, 0) is 9.47 Å². The summed E-state index contributed by atoms with van der Waals surface area (Å²) in [5.74, 6) is 5.80. The predicted molar refractivity (Wildman–Crippen MR) is 56.0 cm³/mol. The van der Waals surface area contributed by atoms with Crippen molar-refractivity contribution >= 4 is 5.96 Å². The summed E-state index contributed by atoms with van der Waals surface area (Å²) in [6.45, 7) is 5.14. The van der Waals surface area contributed by atoms with Gasteiger partial charge in [-0.1, -0.05) is 0 Å². The maximum Gasteiger partial charge on any atom is 0.205 e. The standard InChI is InChI=1S/C8H20N4O2/c1-3-14-7-5-11-8(12-9)10-4-6-13-2/h3-7,9H2,1-2H3,(H2,10,11,12). The third-order valence-electron chi connectivity index (χ3n) is 1.45. The average molecular weight is 204 g/mol. The lowest BCUT2D eigenvalue weighted by molar-refractivity contribution is 0.155. The second kappa shape index (κ2) is 10.2. The van der Waals surface area contributed by atoms with Gasteiger partial charge in [-0.2, -0.15) is 0 Å². The molecule has 4 N–H and O–H groups in total. The van der Waals surface area contributed by atoms with Crippen molar-refractivity contribution in [3.05, 3.63) is 0 Å². The largest absolute Gasteiger partial charge is 0.383 e. The van der Waals surface area contributed by atoms with E-state index in [-0.39, 0.29) is 0 Å². The molecule has 0 heterocycles. The Balaban J connectivity index is 3.53. The topological polar surface area (TPSA) is 80.9 Å². The Morgan fingerprint density at radius 3 is 2.79 bits per heavy atom. The van der Waals surface area contributed by atoms with Gasteiger partial charge in [-0.25, -0.2) is 10.8 Å². The molecule has 0 saturated carbocycles. The second-order valence-corrected chi connectivity index (χ2v) is 2.49. The molecule has 0 aliphatic rings. The molecule has 0 aromatic carbocycles. The minimum Gasteiger partial charge on any atom is -0.383 e. The summed E-state index contributed by atoms with van der Waals surface area (Å²) >= 11 is 0. The fraction of sp³-hybridized carbons (Fsp3) is 0.875. The molecular formula is C8H20N4O2. The lowest BCUT2D eigenvalue weighted by atomic mass is 10.6. The first-order chi connectivity index (χ1) is 6.85. The molecule has 0 aromatic rings. The van der Waals surface area contributed by atoms with Crippen LogP contribution in [0.1, 0.15) is 6.92 Å². The van der Waals surface area contributed by atoms with Gasteiger partial charge in [-0.05, 0) is 6.92 Å². The van der Waals surface area contributed by atoms with Crippen molar-refractivity contribution < 1.29 is 9.47 Å². The first kappa shape index (κ1) is 13.2. The minimum atomic E-state index is 0.557. The van der Waals surface area contributed by atoms with Crippen LogP contribution in [-0.4, -0.2) is 46.0 Å². The van der Waals surface area contributed by atoms with Crippen molar-refractivity contribution in [3.63, 3.8) is 0 Å². The summed E-state index contributed by atoms with van der Waals surface area (Å²) in [6, 6.07) is 0. The molecule has 0 amide bonds. The van der Waals surface area contributed by atoms with E-state index in [0.717, 1.165) is 0 Å². The monoisotopic (exact) mass is 204 g/mol. The number of hydrogen-bond acceptors (Lipinski definition) is 4. The van der Waals surface area contributed by atoms with Crippen molar-refractivity contribution in [1.82, 2.24) is 10.7 Å². The molecular weight excluding hydrogens is 184 g/mol. The van der Waals surface area contributed by atoms with E-state index in [1.165, 1.54) is 0 Å². The van der Waals surface area contributed by atoms with Crippen LogP contribution in [0.2, 0.25) is 0 Å². The molecule has 0 atom stereocenters. The summed E-state index contributed by atoms with van der Waals surface area (Å²) in [6.07, 6.45) is 0. The Morgan fingerprint density at radius 2 is 2.21 bits per heavy atom. The molecule has 0 aromatic heterocycles. The van der Waals surface area contributed by atoms with E-state index in [1.54, 1.807) is 7.11 Å². The van der Waals surface area contributed by atoms with Gasteiger partial charge in [-0.15, -0.1) is 0 Å². The number of rotatable bonds is 7. The van der Waals surface area contributed by atoms with Gasteiger partial charge in [-0.3, -0.25) is 5.43 Å². The number of nitrogens with zero attached hydrogens (tertiary/aromatic N) is 1. The highest BCUT2D eigenvalue weighted by Crippen LogP contribution is 1.76. The molecule has 0 aliphatic carbocycles. The Morgan fingerprint density at radius 1 is 1.43 bits per heavy atom. The quantitative estimate of drug-likeness (QED) is 0.164. The molecule has 84 valence electrons. The van der Waals surface area contributed by atoms with Crippen LogP contribution >= 0.6 is 0 Å². The number of guanidine groups is 1. The number of ether oxygens (including phenoxy) is 2. The Hall–Kier alpha value is -0.850. The zero-order chi connectivity index (χ0) is 10.6. The van der Waals surface area contributed by atoms with Gasteiger partial charge in [0.1, 0.15) is 0 Å². The van der Waals surface area contributed by atoms with Crippen LogP contribution in [0.3, 0.4) is 0 Å². The molecule has 0 fully saturated rings. The van der Waals surface area contributed by atoms with Gasteiger partial charge in [0, 0.05) is 20.3 Å². The lowest BCUT2D eigenvalue weighted by Crippen LogP contribution is -2.43. The first-order valence-corrected chi connectivity index (χ1v) is 4.66. The molecule has 14 heavy (non-hydrogen) atoms. The lowest BCUT2D eigenvalue weighted by Gasteiger charge is -2.08. The number of methoxy groups -OCH3 is 1. The maximum absolute atomic E-state index is 5.24. The summed E-state index contributed by atoms with van der Waals surface area (Å²) in [4.78, 5) is 4.14. The SMILES string of the molecule is CCOCCN=C(NN)NCCOC. The maximum atomic E-state index is 5.24. The number of aliphatic imine (C=N–C) groups is 1. The summed E-state index contributed by atoms with van der Waals surface area (Å²) < 4.78 is 9.99. The smallest absolute Gasteiger partial charge is 0.205 e. The molecule has 0 bridgehead atoms. The summed E-state index contributed by atoms with van der Waals surface area (Å²) in [5.41, 5.74) is 2.47. The molecule has 0 aliphatic heterocycles. The normalized spacial score (nSPS) is 11.5. The molecule has 0 radical (unpaired) electrons. The van der Waals surface area contributed by atoms with Crippen molar-refractivity contribution in [2.24, 2.45) is 10.8 Å². The summed E-state index contributed by atoms with van der Waals surface area (Å²) in [7, 11) is 1.64. The van der Waals surface area contributed by atoms with E-state index in [2.05, 4.69) is 15.7 Å². The fourth-order valence-corrected chi connectivity index (χ4v) is 0.790. The van der Waals surface area contributed by atoms with Gasteiger partial charge in [0.15, 0.2) is 0 Å². The number of nitrogens with two attached hydrogens (primary N) is 1. The van der Waals surface area contributed by atoms with Crippen LogP contribution < -0.4 is 16.6 Å². The van der Waals surface area contributed by atoms with Gasteiger partial charge < -0.3 is 14.8 Å². The molecule has 6 nitrogen and oxygen atoms in total. The second-order valence-electron chi connectivity index (χ2n) is 2.49. The Bertz CT molecular complexity index is 152. The summed E-state index contributed by atoms with van der Waals surface area (Å²) in [5, 5.41) is 2.98. The Kier molecular flexibility index (Phi) is 9.61. The van der Waals surface area contributed by atoms with E-state index in [1.807, 2.05) is 6.92 Å². The van der Waals surface area contributed by atoms with Crippen LogP contribution in [0.15, 0.2) is 4.99 Å². The minimum absolute atomic E-state index is 0.557. The zero-order valence-corrected chi connectivity index (χ0v) is 8.88. The van der Waals surface area contributed by atoms with E-state index >= 15 is 0 Å². The van der Waals surface area contributed by atoms with Gasteiger partial charge >= 0.3 is 0 Å². The van der Waals surface area contributed by atoms with Crippen molar-refractivity contribution in [2.45, 2.75) is 6.92 Å². The van der Waals surface area contributed by atoms with Crippen molar-refractivity contribution in [3.8, 4) is 0 Å². The highest BCUT2D eigenvalue weighted by atomic mass is 16.5. The van der Waals surface area contributed by atoms with Crippen molar-refractivity contribution in [2.75, 3.05) is 40.0 Å². The average Bonchev–Trinajstić information content (AvgIpc) is 2.22. The van der Waals surface area contributed by atoms with Crippen LogP contribution in [0.4, 0.5) is 0 Å². The fourth-order valence-electron chi connectivity index (χ4n) is 0.790. The molecule has 0 saturated heterocycles. The van der Waals surface area contributed by atoms with E-state index in [0.29, 0.717) is 38.9 Å². The van der Waals surface area contributed by atoms with E-state index < -0.39 is 0 Å². The molecule has 0 unspecified atom stereocenters. The van der Waals surface area contributed by atoms with Gasteiger partial charge in [0.25, 0.3) is 0 Å². The third-order valence-corrected chi connectivity index (χ3v) is 1.45. The molecule has 0 spiro atoms. The zero-order valence-electron chi connectivity index (χ0n) is 8.88. The highest BCUT2D eigenvalue weighted by molar-refractivity contribution is 5.79.